The van der Waals surface area contributed by atoms with Crippen LogP contribution < -0.4 is 10.0 Å². The van der Waals surface area contributed by atoms with E-state index in [0.717, 1.165) is 12.8 Å². The molecular formula is C14H24N2O3S. The highest BCUT2D eigenvalue weighted by Gasteiger charge is 2.24. The summed E-state index contributed by atoms with van der Waals surface area (Å²) in [6, 6.07) is 2.14. The van der Waals surface area contributed by atoms with Gasteiger partial charge in [0.25, 0.3) is 0 Å². The predicted octanol–water partition coefficient (Wildman–Crippen LogP) is 2.31. The van der Waals surface area contributed by atoms with Crippen molar-refractivity contribution >= 4 is 10.0 Å². The van der Waals surface area contributed by atoms with Gasteiger partial charge in [-0.15, -0.1) is 0 Å². The fourth-order valence-electron chi connectivity index (χ4n) is 2.23. The van der Waals surface area contributed by atoms with Gasteiger partial charge in [-0.05, 0) is 33.1 Å². The van der Waals surface area contributed by atoms with E-state index in [4.69, 9.17) is 4.42 Å². The molecule has 5 nitrogen and oxygen atoms in total. The van der Waals surface area contributed by atoms with Gasteiger partial charge in [-0.2, -0.15) is 0 Å². The first-order valence-electron chi connectivity index (χ1n) is 7.27. The summed E-state index contributed by atoms with van der Waals surface area (Å²) in [5.74, 6) is 1.13. The van der Waals surface area contributed by atoms with Crippen LogP contribution in [0.25, 0.3) is 0 Å². The number of hydrogen-bond donors (Lipinski definition) is 2. The molecule has 1 saturated carbocycles. The van der Waals surface area contributed by atoms with E-state index in [1.165, 1.54) is 12.8 Å². The quantitative estimate of drug-likeness (QED) is 0.773. The lowest BCUT2D eigenvalue weighted by Gasteiger charge is -2.12. The number of aryl methyl sites for hydroxylation is 1. The van der Waals surface area contributed by atoms with Crippen molar-refractivity contribution in [1.82, 2.24) is 10.0 Å². The zero-order chi connectivity index (χ0) is 14.8. The largest absolute Gasteiger partial charge is 0.464 e. The SMILES string of the molecule is CCCC(C)NS(=O)(=O)c1cc(CNC2CC2)oc1C. The standard InChI is InChI=1S/C14H24N2O3S/c1-4-5-10(2)16-20(17,18)14-8-13(19-11(14)3)9-15-12-6-7-12/h8,10,12,15-16H,4-7,9H2,1-3H3. The maximum Gasteiger partial charge on any atom is 0.244 e. The Morgan fingerprint density at radius 3 is 2.75 bits per heavy atom. The monoisotopic (exact) mass is 300 g/mol. The third kappa shape index (κ3) is 4.07. The molecule has 20 heavy (non-hydrogen) atoms. The van der Waals surface area contributed by atoms with E-state index in [2.05, 4.69) is 10.0 Å². The van der Waals surface area contributed by atoms with Crippen molar-refractivity contribution in [2.24, 2.45) is 0 Å². The molecule has 6 heteroatoms. The van der Waals surface area contributed by atoms with Gasteiger partial charge in [-0.1, -0.05) is 13.3 Å². The second kappa shape index (κ2) is 6.28. The normalized spacial score (nSPS) is 17.4. The van der Waals surface area contributed by atoms with Crippen LogP contribution in [0.5, 0.6) is 0 Å². The van der Waals surface area contributed by atoms with Gasteiger partial charge in [-0.3, -0.25) is 0 Å². The third-order valence-electron chi connectivity index (χ3n) is 3.43. The molecule has 0 aromatic carbocycles. The van der Waals surface area contributed by atoms with Crippen molar-refractivity contribution in [3.8, 4) is 0 Å². The van der Waals surface area contributed by atoms with E-state index in [-0.39, 0.29) is 10.9 Å². The third-order valence-corrected chi connectivity index (χ3v) is 5.13. The molecule has 1 aliphatic carbocycles. The lowest BCUT2D eigenvalue weighted by Crippen LogP contribution is -2.32. The number of hydrogen-bond acceptors (Lipinski definition) is 4. The molecule has 1 aromatic heterocycles. The smallest absolute Gasteiger partial charge is 0.244 e. The maximum absolute atomic E-state index is 12.3. The van der Waals surface area contributed by atoms with Crippen LogP contribution in [0, 0.1) is 6.92 Å². The highest BCUT2D eigenvalue weighted by Crippen LogP contribution is 2.23. The van der Waals surface area contributed by atoms with Gasteiger partial charge in [0.2, 0.25) is 10.0 Å². The highest BCUT2D eigenvalue weighted by molar-refractivity contribution is 7.89. The highest BCUT2D eigenvalue weighted by atomic mass is 32.2. The molecular weight excluding hydrogens is 276 g/mol. The summed E-state index contributed by atoms with van der Waals surface area (Å²) in [5, 5.41) is 3.32. The zero-order valence-corrected chi connectivity index (χ0v) is 13.2. The summed E-state index contributed by atoms with van der Waals surface area (Å²) in [5.41, 5.74) is 0. The fraction of sp³-hybridized carbons (Fsp3) is 0.714. The average molecular weight is 300 g/mol. The predicted molar refractivity (Wildman–Crippen MR) is 78.0 cm³/mol. The van der Waals surface area contributed by atoms with Crippen molar-refractivity contribution in [2.75, 3.05) is 0 Å². The Morgan fingerprint density at radius 1 is 1.45 bits per heavy atom. The van der Waals surface area contributed by atoms with Gasteiger partial charge in [0.15, 0.2) is 0 Å². The van der Waals surface area contributed by atoms with E-state index >= 15 is 0 Å². The molecule has 114 valence electrons. The first kappa shape index (κ1) is 15.5. The minimum absolute atomic E-state index is 0.0626. The molecule has 1 aromatic rings. The van der Waals surface area contributed by atoms with Gasteiger partial charge >= 0.3 is 0 Å². The number of sulfonamides is 1. The van der Waals surface area contributed by atoms with Crippen LogP contribution in [0.2, 0.25) is 0 Å². The Bertz CT molecular complexity index is 547. The van der Waals surface area contributed by atoms with E-state index < -0.39 is 10.0 Å². The number of nitrogens with one attached hydrogen (secondary N) is 2. The van der Waals surface area contributed by atoms with Crippen LogP contribution in [0.1, 0.15) is 51.1 Å². The molecule has 0 bridgehead atoms. The second-order valence-corrected chi connectivity index (χ2v) is 7.28. The minimum atomic E-state index is -3.49. The van der Waals surface area contributed by atoms with Gasteiger partial charge in [0.1, 0.15) is 16.4 Å². The molecule has 1 fully saturated rings. The summed E-state index contributed by atoms with van der Waals surface area (Å²) in [4.78, 5) is 0.257. The average Bonchev–Trinajstić information content (AvgIpc) is 3.09. The Balaban J connectivity index is 2.05. The Labute approximate surface area is 121 Å². The van der Waals surface area contributed by atoms with Crippen LogP contribution >= 0.6 is 0 Å². The molecule has 1 unspecified atom stereocenters. The van der Waals surface area contributed by atoms with Crippen molar-refractivity contribution in [3.63, 3.8) is 0 Å². The van der Waals surface area contributed by atoms with E-state index in [9.17, 15) is 8.42 Å². The van der Waals surface area contributed by atoms with Gasteiger partial charge < -0.3 is 9.73 Å². The summed E-state index contributed by atoms with van der Waals surface area (Å²) in [6.45, 7) is 6.20. The molecule has 1 aliphatic rings. The second-order valence-electron chi connectivity index (χ2n) is 5.60. The lowest BCUT2D eigenvalue weighted by molar-refractivity contribution is 0.455. The van der Waals surface area contributed by atoms with Crippen LogP contribution in [-0.4, -0.2) is 20.5 Å². The minimum Gasteiger partial charge on any atom is -0.464 e. The van der Waals surface area contributed by atoms with Crippen LogP contribution in [0.15, 0.2) is 15.4 Å². The molecule has 0 radical (unpaired) electrons. The van der Waals surface area contributed by atoms with Gasteiger partial charge in [0, 0.05) is 18.2 Å². The van der Waals surface area contributed by atoms with E-state index in [0.29, 0.717) is 24.1 Å². The fourth-order valence-corrected chi connectivity index (χ4v) is 3.71. The molecule has 0 aliphatic heterocycles. The van der Waals surface area contributed by atoms with Crippen LogP contribution in [0.4, 0.5) is 0 Å². The molecule has 1 atom stereocenters. The Hall–Kier alpha value is -0.850. The zero-order valence-electron chi connectivity index (χ0n) is 12.4. The summed E-state index contributed by atoms with van der Waals surface area (Å²) < 4.78 is 32.9. The van der Waals surface area contributed by atoms with Crippen molar-refractivity contribution < 1.29 is 12.8 Å². The Morgan fingerprint density at radius 2 is 2.15 bits per heavy atom. The first-order valence-corrected chi connectivity index (χ1v) is 8.75. The summed E-state index contributed by atoms with van der Waals surface area (Å²) >= 11 is 0. The summed E-state index contributed by atoms with van der Waals surface area (Å²) in [6.07, 6.45) is 4.17. The molecule has 0 spiro atoms. The molecule has 2 rings (SSSR count). The molecule has 1 heterocycles. The van der Waals surface area contributed by atoms with Crippen molar-refractivity contribution in [3.05, 3.63) is 17.6 Å². The summed E-state index contributed by atoms with van der Waals surface area (Å²) in [7, 11) is -3.49. The molecule has 0 amide bonds. The van der Waals surface area contributed by atoms with Gasteiger partial charge in [-0.25, -0.2) is 13.1 Å². The van der Waals surface area contributed by atoms with Gasteiger partial charge in [0.05, 0.1) is 6.54 Å². The van der Waals surface area contributed by atoms with Crippen LogP contribution in [-0.2, 0) is 16.6 Å². The molecule has 2 N–H and O–H groups in total. The van der Waals surface area contributed by atoms with E-state index in [1.807, 2.05) is 13.8 Å². The number of furan rings is 1. The number of rotatable bonds is 8. The topological polar surface area (TPSA) is 71.3 Å². The first-order chi connectivity index (χ1) is 9.42. The van der Waals surface area contributed by atoms with Crippen molar-refractivity contribution in [2.45, 2.75) is 70.0 Å². The van der Waals surface area contributed by atoms with Crippen LogP contribution in [0.3, 0.4) is 0 Å². The molecule has 0 saturated heterocycles. The maximum atomic E-state index is 12.3. The Kier molecular flexibility index (Phi) is 4.88. The van der Waals surface area contributed by atoms with E-state index in [1.54, 1.807) is 13.0 Å². The lowest BCUT2D eigenvalue weighted by atomic mass is 10.2. The van der Waals surface area contributed by atoms with Crippen molar-refractivity contribution in [1.29, 1.82) is 0 Å².